The Morgan fingerprint density at radius 3 is 2.94 bits per heavy atom. The molecule has 0 bridgehead atoms. The van der Waals surface area contributed by atoms with E-state index in [9.17, 15) is 8.78 Å². The van der Waals surface area contributed by atoms with Gasteiger partial charge in [0.15, 0.2) is 0 Å². The van der Waals surface area contributed by atoms with Crippen molar-refractivity contribution in [2.45, 2.75) is 37.8 Å². The first-order valence-electron chi connectivity index (χ1n) is 10.2. The Balaban J connectivity index is 1.64. The quantitative estimate of drug-likeness (QED) is 0.509. The molecule has 10 heteroatoms. The lowest BCUT2D eigenvalue weighted by atomic mass is 10.0. The van der Waals surface area contributed by atoms with Crippen LogP contribution in [0.25, 0.3) is 21.9 Å². The third-order valence-electron chi connectivity index (χ3n) is 5.81. The number of halogens is 3. The molecular formula is C21H21ClF2N6O. The first kappa shape index (κ1) is 20.3. The fraction of sp³-hybridized carbons (Fsp3) is 0.429. The van der Waals surface area contributed by atoms with Gasteiger partial charge in [0.2, 0.25) is 0 Å². The molecule has 1 aliphatic carbocycles. The van der Waals surface area contributed by atoms with Gasteiger partial charge in [0.1, 0.15) is 24.0 Å². The maximum absolute atomic E-state index is 15.0. The summed E-state index contributed by atoms with van der Waals surface area (Å²) in [7, 11) is 0. The van der Waals surface area contributed by atoms with Gasteiger partial charge in [0.25, 0.3) is 5.92 Å². The fourth-order valence-electron chi connectivity index (χ4n) is 4.15. The number of allylic oxidation sites excluding steroid dienone is 1. The first-order chi connectivity index (χ1) is 15.0. The summed E-state index contributed by atoms with van der Waals surface area (Å²) in [5.41, 5.74) is 9.78. The van der Waals surface area contributed by atoms with Gasteiger partial charge in [-0.2, -0.15) is 5.11 Å². The SMILES string of the molecule is N=N/C(=C\NCc1nc2cnc3ccc(Cl)cc3c2n1C1CCOCC1(F)F)C1CC1. The van der Waals surface area contributed by atoms with Crippen molar-refractivity contribution in [2.24, 2.45) is 11.0 Å². The molecule has 1 aliphatic heterocycles. The molecule has 7 nitrogen and oxygen atoms in total. The van der Waals surface area contributed by atoms with Crippen LogP contribution in [0.15, 0.2) is 41.4 Å². The van der Waals surface area contributed by atoms with Gasteiger partial charge in [-0.1, -0.05) is 11.6 Å². The summed E-state index contributed by atoms with van der Waals surface area (Å²) in [5, 5.41) is 7.87. The number of alkyl halides is 2. The van der Waals surface area contributed by atoms with Gasteiger partial charge in [-0.15, -0.1) is 0 Å². The van der Waals surface area contributed by atoms with E-state index in [1.54, 1.807) is 35.2 Å². The number of fused-ring (bicyclic) bond motifs is 3. The molecule has 2 fully saturated rings. The Kier molecular flexibility index (Phi) is 5.10. The second-order valence-electron chi connectivity index (χ2n) is 8.01. The highest BCUT2D eigenvalue weighted by molar-refractivity contribution is 6.31. The summed E-state index contributed by atoms with van der Waals surface area (Å²) in [5.74, 6) is -2.27. The average Bonchev–Trinajstić information content (AvgIpc) is 3.52. The van der Waals surface area contributed by atoms with E-state index in [1.165, 1.54) is 0 Å². The van der Waals surface area contributed by atoms with Crippen LogP contribution in [0.5, 0.6) is 0 Å². The average molecular weight is 447 g/mol. The van der Waals surface area contributed by atoms with Gasteiger partial charge in [-0.3, -0.25) is 4.98 Å². The summed E-state index contributed by atoms with van der Waals surface area (Å²) >= 11 is 6.22. The molecular weight excluding hydrogens is 426 g/mol. The van der Waals surface area contributed by atoms with E-state index >= 15 is 0 Å². The fourth-order valence-corrected chi connectivity index (χ4v) is 4.33. The van der Waals surface area contributed by atoms with Gasteiger partial charge >= 0.3 is 0 Å². The van der Waals surface area contributed by atoms with Crippen LogP contribution in [0.3, 0.4) is 0 Å². The van der Waals surface area contributed by atoms with Crippen molar-refractivity contribution in [2.75, 3.05) is 13.2 Å². The Bertz CT molecular complexity index is 1190. The molecule has 1 saturated heterocycles. The number of ether oxygens (including phenoxy) is 1. The highest BCUT2D eigenvalue weighted by Crippen LogP contribution is 2.40. The minimum atomic E-state index is -3.04. The van der Waals surface area contributed by atoms with Crippen molar-refractivity contribution >= 4 is 33.5 Å². The lowest BCUT2D eigenvalue weighted by Crippen LogP contribution is -2.41. The van der Waals surface area contributed by atoms with Gasteiger partial charge in [0.05, 0.1) is 29.5 Å². The van der Waals surface area contributed by atoms with Crippen molar-refractivity contribution < 1.29 is 13.5 Å². The molecule has 3 aromatic rings. The molecule has 1 atom stereocenters. The molecule has 1 aromatic carbocycles. The molecule has 0 amide bonds. The number of pyridine rings is 1. The topological polar surface area (TPSA) is 88.2 Å². The van der Waals surface area contributed by atoms with Crippen molar-refractivity contribution in [1.29, 1.82) is 5.53 Å². The number of nitrogens with one attached hydrogen (secondary N) is 2. The van der Waals surface area contributed by atoms with E-state index in [0.29, 0.717) is 44.4 Å². The normalized spacial score (nSPS) is 21.5. The molecule has 5 rings (SSSR count). The number of imidazole rings is 1. The number of aromatic nitrogens is 3. The predicted octanol–water partition coefficient (Wildman–Crippen LogP) is 5.21. The van der Waals surface area contributed by atoms with E-state index in [-0.39, 0.29) is 19.6 Å². The van der Waals surface area contributed by atoms with Crippen LogP contribution in [0.4, 0.5) is 8.78 Å². The minimum Gasteiger partial charge on any atom is -0.382 e. The van der Waals surface area contributed by atoms with Crippen LogP contribution in [0.1, 0.15) is 31.1 Å². The number of hydrogen-bond acceptors (Lipinski definition) is 6. The molecule has 1 saturated carbocycles. The van der Waals surface area contributed by atoms with Crippen molar-refractivity contribution in [1.82, 2.24) is 19.9 Å². The Labute approximate surface area is 182 Å². The monoisotopic (exact) mass is 446 g/mol. The van der Waals surface area contributed by atoms with Crippen molar-refractivity contribution in [3.05, 3.63) is 47.1 Å². The van der Waals surface area contributed by atoms with E-state index in [0.717, 1.165) is 12.8 Å². The molecule has 2 aliphatic rings. The van der Waals surface area contributed by atoms with Gasteiger partial charge < -0.3 is 14.6 Å². The standard InChI is InChI=1S/C21H21ClF2N6O/c22-13-3-4-15-14(7-13)20-17(9-27-15)28-19(10-26-8-16(29-25)12-1-2-12)30(20)18-5-6-31-11-21(18,23)24/h3-4,7-9,12,18,25-26H,1-2,5-6,10-11H2/b16-8-,29-25?. The van der Waals surface area contributed by atoms with Crippen LogP contribution in [-0.4, -0.2) is 33.7 Å². The van der Waals surface area contributed by atoms with Crippen LogP contribution in [-0.2, 0) is 11.3 Å². The first-order valence-corrected chi connectivity index (χ1v) is 10.6. The Morgan fingerprint density at radius 1 is 1.35 bits per heavy atom. The van der Waals surface area contributed by atoms with Gasteiger partial charge in [-0.05, 0) is 37.5 Å². The zero-order chi connectivity index (χ0) is 21.6. The molecule has 2 aromatic heterocycles. The van der Waals surface area contributed by atoms with Gasteiger partial charge in [0, 0.05) is 29.1 Å². The van der Waals surface area contributed by atoms with Gasteiger partial charge in [-0.25, -0.2) is 19.3 Å². The second-order valence-corrected chi connectivity index (χ2v) is 8.44. The number of benzene rings is 1. The summed E-state index contributed by atoms with van der Waals surface area (Å²) in [6.45, 7) is -0.159. The van der Waals surface area contributed by atoms with E-state index in [2.05, 4.69) is 20.4 Å². The highest BCUT2D eigenvalue weighted by atomic mass is 35.5. The van der Waals surface area contributed by atoms with Crippen molar-refractivity contribution in [3.8, 4) is 0 Å². The Morgan fingerprint density at radius 2 is 2.19 bits per heavy atom. The van der Waals surface area contributed by atoms with Crippen LogP contribution >= 0.6 is 11.6 Å². The zero-order valence-corrected chi connectivity index (χ0v) is 17.4. The summed E-state index contributed by atoms with van der Waals surface area (Å²) in [6, 6.07) is 4.14. The maximum atomic E-state index is 15.0. The third-order valence-corrected chi connectivity index (χ3v) is 6.05. The summed E-state index contributed by atoms with van der Waals surface area (Å²) < 4.78 is 36.6. The molecule has 31 heavy (non-hydrogen) atoms. The van der Waals surface area contributed by atoms with E-state index in [4.69, 9.17) is 21.9 Å². The zero-order valence-electron chi connectivity index (χ0n) is 16.6. The Hall–Kier alpha value is -2.65. The van der Waals surface area contributed by atoms with Crippen molar-refractivity contribution in [3.63, 3.8) is 0 Å². The maximum Gasteiger partial charge on any atom is 0.291 e. The van der Waals surface area contributed by atoms with Crippen LogP contribution in [0.2, 0.25) is 5.02 Å². The summed E-state index contributed by atoms with van der Waals surface area (Å²) in [6.07, 6.45) is 5.49. The lowest BCUT2D eigenvalue weighted by molar-refractivity contribution is -0.147. The predicted molar refractivity (Wildman–Crippen MR) is 112 cm³/mol. The minimum absolute atomic E-state index is 0.168. The smallest absolute Gasteiger partial charge is 0.291 e. The third kappa shape index (κ3) is 3.76. The second kappa shape index (κ2) is 7.80. The van der Waals surface area contributed by atoms with Crippen LogP contribution < -0.4 is 5.32 Å². The number of hydrogen-bond donors (Lipinski definition) is 2. The number of nitrogens with zero attached hydrogens (tertiary/aromatic N) is 4. The molecule has 0 radical (unpaired) electrons. The molecule has 162 valence electrons. The largest absolute Gasteiger partial charge is 0.382 e. The molecule has 2 N–H and O–H groups in total. The van der Waals surface area contributed by atoms with E-state index in [1.807, 2.05) is 0 Å². The van der Waals surface area contributed by atoms with Crippen LogP contribution in [0, 0.1) is 11.4 Å². The van der Waals surface area contributed by atoms with E-state index < -0.39 is 18.6 Å². The highest BCUT2D eigenvalue weighted by Gasteiger charge is 2.45. The molecule has 1 unspecified atom stereocenters. The molecule has 0 spiro atoms. The lowest BCUT2D eigenvalue weighted by Gasteiger charge is -2.33. The summed E-state index contributed by atoms with van der Waals surface area (Å²) in [4.78, 5) is 9.05. The number of rotatable bonds is 6. The molecule has 3 heterocycles.